The van der Waals surface area contributed by atoms with Crippen molar-refractivity contribution in [2.24, 2.45) is 5.73 Å². The molecule has 0 spiro atoms. The number of hydrogen-bond donors (Lipinski definition) is 2. The fourth-order valence-corrected chi connectivity index (χ4v) is 0.856. The molecule has 0 bridgehead atoms. The topological polar surface area (TPSA) is 59.1 Å². The van der Waals surface area contributed by atoms with E-state index >= 15 is 0 Å². The van der Waals surface area contributed by atoms with Crippen LogP contribution in [0.15, 0.2) is 18.3 Å². The lowest BCUT2D eigenvalue weighted by Gasteiger charge is -2.06. The second-order valence-corrected chi connectivity index (χ2v) is 2.55. The lowest BCUT2D eigenvalue weighted by atomic mass is 10.2. The van der Waals surface area contributed by atoms with Gasteiger partial charge in [-0.05, 0) is 24.6 Å². The van der Waals surface area contributed by atoms with Gasteiger partial charge in [-0.1, -0.05) is 0 Å². The van der Waals surface area contributed by atoms with Gasteiger partial charge in [0.15, 0.2) is 0 Å². The molecule has 0 saturated carbocycles. The van der Waals surface area contributed by atoms with Crippen LogP contribution in [0.5, 0.6) is 0 Å². The van der Waals surface area contributed by atoms with E-state index in [1.165, 1.54) is 0 Å². The van der Waals surface area contributed by atoms with E-state index in [2.05, 4.69) is 4.98 Å². The Bertz CT molecular complexity index is 245. The molecule has 1 rings (SSSR count). The van der Waals surface area contributed by atoms with Gasteiger partial charge in [0.05, 0.1) is 18.3 Å². The van der Waals surface area contributed by atoms with E-state index in [9.17, 15) is 0 Å². The first-order valence-electron chi connectivity index (χ1n) is 3.53. The molecule has 0 aromatic carbocycles. The molecule has 1 aromatic heterocycles. The van der Waals surface area contributed by atoms with E-state index in [0.29, 0.717) is 0 Å². The molecular formula is C8H14Cl2N2O. The number of pyridine rings is 1. The fraction of sp³-hybridized carbons (Fsp3) is 0.375. The molecule has 76 valence electrons. The Kier molecular flexibility index (Phi) is 8.26. The van der Waals surface area contributed by atoms with Crippen molar-refractivity contribution in [3.63, 3.8) is 0 Å². The van der Waals surface area contributed by atoms with E-state index < -0.39 is 0 Å². The summed E-state index contributed by atoms with van der Waals surface area (Å²) in [7, 11) is 0. The third kappa shape index (κ3) is 4.43. The SMILES string of the molecule is Cc1ccnc(C(N)CO)c1.Cl.Cl. The van der Waals surface area contributed by atoms with Gasteiger partial charge in [0.25, 0.3) is 0 Å². The van der Waals surface area contributed by atoms with E-state index in [1.807, 2.05) is 19.1 Å². The number of aromatic nitrogens is 1. The van der Waals surface area contributed by atoms with E-state index in [4.69, 9.17) is 10.8 Å². The number of rotatable bonds is 2. The summed E-state index contributed by atoms with van der Waals surface area (Å²) in [5.74, 6) is 0. The van der Waals surface area contributed by atoms with Crippen LogP contribution in [0.3, 0.4) is 0 Å². The molecule has 0 radical (unpaired) electrons. The van der Waals surface area contributed by atoms with Crippen molar-refractivity contribution in [2.75, 3.05) is 6.61 Å². The van der Waals surface area contributed by atoms with Crippen molar-refractivity contribution in [1.29, 1.82) is 0 Å². The van der Waals surface area contributed by atoms with Gasteiger partial charge in [-0.3, -0.25) is 4.98 Å². The molecule has 0 aliphatic rings. The Morgan fingerprint density at radius 3 is 2.62 bits per heavy atom. The number of aliphatic hydroxyl groups excluding tert-OH is 1. The van der Waals surface area contributed by atoms with Crippen molar-refractivity contribution in [3.05, 3.63) is 29.6 Å². The van der Waals surface area contributed by atoms with Crippen LogP contribution in [-0.2, 0) is 0 Å². The van der Waals surface area contributed by atoms with Gasteiger partial charge in [0.2, 0.25) is 0 Å². The minimum absolute atomic E-state index is 0. The van der Waals surface area contributed by atoms with Crippen LogP contribution >= 0.6 is 24.8 Å². The first-order valence-corrected chi connectivity index (χ1v) is 3.53. The van der Waals surface area contributed by atoms with Gasteiger partial charge in [0.1, 0.15) is 0 Å². The predicted molar refractivity (Wildman–Crippen MR) is 57.5 cm³/mol. The lowest BCUT2D eigenvalue weighted by molar-refractivity contribution is 0.266. The smallest absolute Gasteiger partial charge is 0.0705 e. The summed E-state index contributed by atoms with van der Waals surface area (Å²) in [5.41, 5.74) is 7.40. The Balaban J connectivity index is 0. The van der Waals surface area contributed by atoms with Crippen molar-refractivity contribution in [3.8, 4) is 0 Å². The van der Waals surface area contributed by atoms with Crippen LogP contribution < -0.4 is 5.73 Å². The Hall–Kier alpha value is -0.350. The normalized spacial score (nSPS) is 11.0. The molecule has 0 saturated heterocycles. The van der Waals surface area contributed by atoms with Crippen LogP contribution in [0.1, 0.15) is 17.3 Å². The molecule has 1 unspecified atom stereocenters. The molecular weight excluding hydrogens is 211 g/mol. The first-order chi connectivity index (χ1) is 5.24. The Morgan fingerprint density at radius 1 is 1.54 bits per heavy atom. The number of aryl methyl sites for hydroxylation is 1. The number of nitrogens with two attached hydrogens (primary N) is 1. The number of halogens is 2. The van der Waals surface area contributed by atoms with Crippen LogP contribution in [0, 0.1) is 6.92 Å². The van der Waals surface area contributed by atoms with Crippen LogP contribution in [0.4, 0.5) is 0 Å². The van der Waals surface area contributed by atoms with E-state index in [0.717, 1.165) is 11.3 Å². The zero-order chi connectivity index (χ0) is 8.27. The number of nitrogens with zero attached hydrogens (tertiary/aromatic N) is 1. The summed E-state index contributed by atoms with van der Waals surface area (Å²) in [6.45, 7) is 1.91. The summed E-state index contributed by atoms with van der Waals surface area (Å²) in [6, 6.07) is 3.42. The zero-order valence-corrected chi connectivity index (χ0v) is 8.94. The third-order valence-corrected chi connectivity index (χ3v) is 1.51. The highest BCUT2D eigenvalue weighted by molar-refractivity contribution is 5.85. The Morgan fingerprint density at radius 2 is 2.15 bits per heavy atom. The maximum Gasteiger partial charge on any atom is 0.0705 e. The summed E-state index contributed by atoms with van der Waals surface area (Å²) >= 11 is 0. The van der Waals surface area contributed by atoms with E-state index in [-0.39, 0.29) is 37.5 Å². The largest absolute Gasteiger partial charge is 0.394 e. The number of aliphatic hydroxyl groups is 1. The highest BCUT2D eigenvalue weighted by atomic mass is 35.5. The van der Waals surface area contributed by atoms with Crippen molar-refractivity contribution in [1.82, 2.24) is 4.98 Å². The molecule has 13 heavy (non-hydrogen) atoms. The molecule has 1 aromatic rings. The summed E-state index contributed by atoms with van der Waals surface area (Å²) < 4.78 is 0. The molecule has 1 heterocycles. The molecule has 0 aliphatic heterocycles. The second kappa shape index (κ2) is 7.09. The highest BCUT2D eigenvalue weighted by Gasteiger charge is 2.04. The van der Waals surface area contributed by atoms with Crippen LogP contribution in [-0.4, -0.2) is 16.7 Å². The first kappa shape index (κ1) is 15.1. The summed E-state index contributed by atoms with van der Waals surface area (Å²) in [4.78, 5) is 4.03. The second-order valence-electron chi connectivity index (χ2n) is 2.55. The predicted octanol–water partition coefficient (Wildman–Crippen LogP) is 1.23. The summed E-state index contributed by atoms with van der Waals surface area (Å²) in [5, 5.41) is 8.71. The average Bonchev–Trinajstić information content (AvgIpc) is 2.03. The van der Waals surface area contributed by atoms with Gasteiger partial charge in [-0.2, -0.15) is 0 Å². The maximum atomic E-state index is 8.71. The minimum atomic E-state index is -0.352. The van der Waals surface area contributed by atoms with Crippen LogP contribution in [0.2, 0.25) is 0 Å². The quantitative estimate of drug-likeness (QED) is 0.795. The molecule has 3 N–H and O–H groups in total. The van der Waals surface area contributed by atoms with Gasteiger partial charge in [0, 0.05) is 6.20 Å². The van der Waals surface area contributed by atoms with E-state index in [1.54, 1.807) is 6.20 Å². The molecule has 0 amide bonds. The van der Waals surface area contributed by atoms with Crippen molar-refractivity contribution in [2.45, 2.75) is 13.0 Å². The zero-order valence-electron chi connectivity index (χ0n) is 7.30. The van der Waals surface area contributed by atoms with Gasteiger partial charge in [-0.25, -0.2) is 0 Å². The van der Waals surface area contributed by atoms with Gasteiger partial charge < -0.3 is 10.8 Å². The molecule has 1 atom stereocenters. The fourth-order valence-electron chi connectivity index (χ4n) is 0.856. The van der Waals surface area contributed by atoms with Crippen molar-refractivity contribution < 1.29 is 5.11 Å². The Labute approximate surface area is 90.2 Å². The number of hydrogen-bond acceptors (Lipinski definition) is 3. The summed E-state index contributed by atoms with van der Waals surface area (Å²) in [6.07, 6.45) is 1.69. The standard InChI is InChI=1S/C8H12N2O.2ClH/c1-6-2-3-10-8(4-6)7(9)5-11;;/h2-4,7,11H,5,9H2,1H3;2*1H. The highest BCUT2D eigenvalue weighted by Crippen LogP contribution is 2.06. The molecule has 0 aliphatic carbocycles. The van der Waals surface area contributed by atoms with Gasteiger partial charge in [-0.15, -0.1) is 24.8 Å². The minimum Gasteiger partial charge on any atom is -0.394 e. The molecule has 5 heteroatoms. The monoisotopic (exact) mass is 224 g/mol. The van der Waals surface area contributed by atoms with Crippen LogP contribution in [0.25, 0.3) is 0 Å². The van der Waals surface area contributed by atoms with Gasteiger partial charge >= 0.3 is 0 Å². The molecule has 0 fully saturated rings. The molecule has 3 nitrogen and oxygen atoms in total. The lowest BCUT2D eigenvalue weighted by Crippen LogP contribution is -2.15. The third-order valence-electron chi connectivity index (χ3n) is 1.51. The average molecular weight is 225 g/mol. The van der Waals surface area contributed by atoms with Crippen molar-refractivity contribution >= 4 is 24.8 Å². The maximum absolute atomic E-state index is 8.71.